The first-order valence-corrected chi connectivity index (χ1v) is 11.3. The lowest BCUT2D eigenvalue weighted by Crippen LogP contribution is -2.39. The molecule has 0 amide bonds. The van der Waals surface area contributed by atoms with Crippen LogP contribution in [0, 0.1) is 5.41 Å². The number of aliphatic hydroxyl groups excluding tert-OH is 2. The summed E-state index contributed by atoms with van der Waals surface area (Å²) in [5, 5.41) is 19.5. The first kappa shape index (κ1) is 25.2. The van der Waals surface area contributed by atoms with E-state index in [1.54, 1.807) is 13.8 Å². The standard InChI is InChI=1S/C20H35O7P/c1-5-17(4)19-10-8-18(9-11-19)12-24-15-20(13-21,14-22)16-27-28(23,25-6-2)26-7-3/h8-11,17,21-22H,5-7,12-16H2,1-4H3. The van der Waals surface area contributed by atoms with Crippen molar-refractivity contribution in [2.75, 3.05) is 39.6 Å². The summed E-state index contributed by atoms with van der Waals surface area (Å²) in [4.78, 5) is 0. The van der Waals surface area contributed by atoms with Gasteiger partial charge in [0.25, 0.3) is 0 Å². The first-order chi connectivity index (χ1) is 13.4. The molecule has 0 spiro atoms. The molecule has 0 saturated heterocycles. The van der Waals surface area contributed by atoms with Gasteiger partial charge in [-0.15, -0.1) is 0 Å². The molecular formula is C20H35O7P. The maximum Gasteiger partial charge on any atom is 0.474 e. The molecule has 1 aromatic carbocycles. The number of aliphatic hydroxyl groups is 2. The van der Waals surface area contributed by atoms with Crippen LogP contribution in [0.2, 0.25) is 0 Å². The molecule has 1 rings (SSSR count). The van der Waals surface area contributed by atoms with E-state index >= 15 is 0 Å². The molecule has 0 aliphatic rings. The number of phosphoric acid groups is 1. The third-order valence-electron chi connectivity index (χ3n) is 4.61. The molecule has 2 N–H and O–H groups in total. The Labute approximate surface area is 168 Å². The normalized spacial score (nSPS) is 13.6. The van der Waals surface area contributed by atoms with Gasteiger partial charge in [0.05, 0.1) is 51.7 Å². The number of rotatable bonds is 15. The molecule has 0 fully saturated rings. The molecule has 0 heterocycles. The molecule has 7 nitrogen and oxygen atoms in total. The van der Waals surface area contributed by atoms with Crippen LogP contribution in [0.25, 0.3) is 0 Å². The Morgan fingerprint density at radius 1 is 0.964 bits per heavy atom. The lowest BCUT2D eigenvalue weighted by molar-refractivity contribution is -0.0633. The number of ether oxygens (including phenoxy) is 1. The molecule has 28 heavy (non-hydrogen) atoms. The molecule has 1 aromatic rings. The Hall–Kier alpha value is -0.790. The summed E-state index contributed by atoms with van der Waals surface area (Å²) in [5.41, 5.74) is 1.16. The van der Waals surface area contributed by atoms with E-state index < -0.39 is 26.5 Å². The zero-order valence-corrected chi connectivity index (χ0v) is 18.3. The van der Waals surface area contributed by atoms with Crippen molar-refractivity contribution in [2.24, 2.45) is 5.41 Å². The van der Waals surface area contributed by atoms with E-state index in [9.17, 15) is 14.8 Å². The first-order valence-electron chi connectivity index (χ1n) is 9.79. The van der Waals surface area contributed by atoms with Crippen LogP contribution in [0.4, 0.5) is 0 Å². The average Bonchev–Trinajstić information content (AvgIpc) is 2.71. The van der Waals surface area contributed by atoms with E-state index in [-0.39, 0.29) is 26.4 Å². The Kier molecular flexibility index (Phi) is 11.5. The highest BCUT2D eigenvalue weighted by Crippen LogP contribution is 2.50. The van der Waals surface area contributed by atoms with Gasteiger partial charge in [-0.05, 0) is 37.3 Å². The lowest BCUT2D eigenvalue weighted by atomic mass is 9.92. The Balaban J connectivity index is 2.64. The number of hydrogen-bond acceptors (Lipinski definition) is 7. The van der Waals surface area contributed by atoms with Crippen molar-refractivity contribution in [3.63, 3.8) is 0 Å². The lowest BCUT2D eigenvalue weighted by Gasteiger charge is -2.30. The van der Waals surface area contributed by atoms with Gasteiger partial charge < -0.3 is 14.9 Å². The fraction of sp³-hybridized carbons (Fsp3) is 0.700. The Morgan fingerprint density at radius 2 is 1.54 bits per heavy atom. The zero-order chi connectivity index (χ0) is 21.0. The van der Waals surface area contributed by atoms with Crippen LogP contribution >= 0.6 is 7.82 Å². The molecular weight excluding hydrogens is 383 g/mol. The molecule has 1 unspecified atom stereocenters. The number of hydrogen-bond donors (Lipinski definition) is 2. The molecule has 0 aliphatic carbocycles. The summed E-state index contributed by atoms with van der Waals surface area (Å²) in [5.74, 6) is 0.509. The van der Waals surface area contributed by atoms with E-state index in [1.165, 1.54) is 5.56 Å². The van der Waals surface area contributed by atoms with Gasteiger partial charge in [-0.25, -0.2) is 4.57 Å². The van der Waals surface area contributed by atoms with Gasteiger partial charge in [-0.1, -0.05) is 38.1 Å². The quantitative estimate of drug-likeness (QED) is 0.417. The van der Waals surface area contributed by atoms with Crippen LogP contribution < -0.4 is 0 Å². The SMILES string of the molecule is CCOP(=O)(OCC)OCC(CO)(CO)COCc1ccc(C(C)CC)cc1. The predicted octanol–water partition coefficient (Wildman–Crippen LogP) is 3.89. The average molecular weight is 418 g/mol. The smallest absolute Gasteiger partial charge is 0.396 e. The number of phosphoric ester groups is 1. The molecule has 0 radical (unpaired) electrons. The van der Waals surface area contributed by atoms with E-state index in [4.69, 9.17) is 18.3 Å². The maximum atomic E-state index is 12.4. The monoisotopic (exact) mass is 418 g/mol. The van der Waals surface area contributed by atoms with Gasteiger partial charge >= 0.3 is 7.82 Å². The highest BCUT2D eigenvalue weighted by Gasteiger charge is 2.35. The molecule has 0 bridgehead atoms. The van der Waals surface area contributed by atoms with Gasteiger partial charge in [-0.2, -0.15) is 0 Å². The van der Waals surface area contributed by atoms with E-state index in [0.29, 0.717) is 12.5 Å². The van der Waals surface area contributed by atoms with Crippen LogP contribution in [-0.4, -0.2) is 49.9 Å². The van der Waals surface area contributed by atoms with Crippen LogP contribution in [0.5, 0.6) is 0 Å². The second kappa shape index (κ2) is 12.7. The summed E-state index contributed by atoms with van der Waals surface area (Å²) in [6, 6.07) is 8.19. The summed E-state index contributed by atoms with van der Waals surface area (Å²) in [7, 11) is -3.73. The van der Waals surface area contributed by atoms with Gasteiger partial charge in [0.1, 0.15) is 0 Å². The van der Waals surface area contributed by atoms with Crippen molar-refractivity contribution in [3.8, 4) is 0 Å². The molecule has 0 aliphatic heterocycles. The fourth-order valence-corrected chi connectivity index (χ4v) is 3.77. The summed E-state index contributed by atoms with van der Waals surface area (Å²) < 4.78 is 33.6. The Bertz CT molecular complexity index is 577. The predicted molar refractivity (Wildman–Crippen MR) is 108 cm³/mol. The highest BCUT2D eigenvalue weighted by molar-refractivity contribution is 7.48. The summed E-state index contributed by atoms with van der Waals surface area (Å²) in [6.45, 7) is 7.37. The second-order valence-electron chi connectivity index (χ2n) is 6.92. The zero-order valence-electron chi connectivity index (χ0n) is 17.4. The van der Waals surface area contributed by atoms with E-state index in [0.717, 1.165) is 12.0 Å². The minimum atomic E-state index is -3.73. The minimum Gasteiger partial charge on any atom is -0.396 e. The van der Waals surface area contributed by atoms with Gasteiger partial charge in [0, 0.05) is 0 Å². The van der Waals surface area contributed by atoms with Gasteiger partial charge in [-0.3, -0.25) is 13.6 Å². The molecule has 0 aromatic heterocycles. The van der Waals surface area contributed by atoms with Crippen LogP contribution in [0.1, 0.15) is 51.2 Å². The van der Waals surface area contributed by atoms with Gasteiger partial charge in [0.15, 0.2) is 0 Å². The fourth-order valence-electron chi connectivity index (χ4n) is 2.48. The van der Waals surface area contributed by atoms with Crippen molar-refractivity contribution < 1.29 is 33.1 Å². The maximum absolute atomic E-state index is 12.4. The second-order valence-corrected chi connectivity index (χ2v) is 8.59. The largest absolute Gasteiger partial charge is 0.474 e. The van der Waals surface area contributed by atoms with Crippen molar-refractivity contribution in [3.05, 3.63) is 35.4 Å². The van der Waals surface area contributed by atoms with Gasteiger partial charge in [0.2, 0.25) is 0 Å². The van der Waals surface area contributed by atoms with E-state index in [2.05, 4.69) is 26.0 Å². The highest BCUT2D eigenvalue weighted by atomic mass is 31.2. The molecule has 162 valence electrons. The van der Waals surface area contributed by atoms with Crippen LogP contribution in [-0.2, 0) is 29.5 Å². The number of benzene rings is 1. The van der Waals surface area contributed by atoms with Crippen molar-refractivity contribution in [2.45, 2.75) is 46.6 Å². The molecule has 1 atom stereocenters. The van der Waals surface area contributed by atoms with Crippen molar-refractivity contribution >= 4 is 7.82 Å². The summed E-state index contributed by atoms with van der Waals surface area (Å²) >= 11 is 0. The summed E-state index contributed by atoms with van der Waals surface area (Å²) in [6.07, 6.45) is 1.08. The van der Waals surface area contributed by atoms with Crippen LogP contribution in [0.15, 0.2) is 24.3 Å². The Morgan fingerprint density at radius 3 is 2.00 bits per heavy atom. The van der Waals surface area contributed by atoms with E-state index in [1.807, 2.05) is 12.1 Å². The molecule has 0 saturated carbocycles. The third kappa shape index (κ3) is 7.91. The topological polar surface area (TPSA) is 94.5 Å². The van der Waals surface area contributed by atoms with Crippen molar-refractivity contribution in [1.29, 1.82) is 0 Å². The molecule has 8 heteroatoms. The van der Waals surface area contributed by atoms with Crippen molar-refractivity contribution in [1.82, 2.24) is 0 Å². The van der Waals surface area contributed by atoms with Crippen LogP contribution in [0.3, 0.4) is 0 Å². The third-order valence-corrected chi connectivity index (χ3v) is 6.21. The minimum absolute atomic E-state index is 0.0331.